The molecule has 2 aliphatic carbocycles. The van der Waals surface area contributed by atoms with Crippen molar-refractivity contribution in [2.75, 3.05) is 25.0 Å². The first-order chi connectivity index (χ1) is 17.7. The molecule has 0 bridgehead atoms. The van der Waals surface area contributed by atoms with E-state index in [1.165, 1.54) is 29.5 Å². The Morgan fingerprint density at radius 1 is 1.24 bits per heavy atom. The number of halogens is 1. The highest BCUT2D eigenvalue weighted by molar-refractivity contribution is 7.15. The van der Waals surface area contributed by atoms with E-state index < -0.39 is 23.2 Å². The van der Waals surface area contributed by atoms with Gasteiger partial charge in [-0.2, -0.15) is 0 Å². The molecule has 2 heterocycles. The normalized spacial score (nSPS) is 31.4. The van der Waals surface area contributed by atoms with Crippen LogP contribution in [0.3, 0.4) is 0 Å². The minimum atomic E-state index is -0.702. The molecular formula is C28H36FN3O4S. The number of rotatable bonds is 5. The van der Waals surface area contributed by atoms with Crippen molar-refractivity contribution in [3.05, 3.63) is 46.2 Å². The first-order valence-corrected chi connectivity index (χ1v) is 14.1. The average molecular weight is 530 g/mol. The Kier molecular flexibility index (Phi) is 7.15. The second-order valence-corrected chi connectivity index (χ2v) is 12.6. The van der Waals surface area contributed by atoms with E-state index in [2.05, 4.69) is 12.2 Å². The van der Waals surface area contributed by atoms with E-state index in [9.17, 15) is 24.2 Å². The number of likely N-dealkylation sites (tertiary alicyclic amines) is 1. The van der Waals surface area contributed by atoms with Crippen LogP contribution in [0.15, 0.2) is 24.3 Å². The van der Waals surface area contributed by atoms with E-state index in [0.717, 1.165) is 49.3 Å². The number of amides is 2. The van der Waals surface area contributed by atoms with Crippen molar-refractivity contribution in [2.24, 2.45) is 16.7 Å². The fourth-order valence-corrected chi connectivity index (χ4v) is 8.01. The third-order valence-corrected chi connectivity index (χ3v) is 10.3. The van der Waals surface area contributed by atoms with Crippen LogP contribution in [0, 0.1) is 22.6 Å². The smallest absolute Gasteiger partial charge is 0.257 e. The van der Waals surface area contributed by atoms with Crippen LogP contribution in [0.5, 0.6) is 0 Å². The van der Waals surface area contributed by atoms with Crippen molar-refractivity contribution >= 4 is 28.3 Å². The topological polar surface area (TPSA) is 103 Å². The lowest BCUT2D eigenvalue weighted by Crippen LogP contribution is -2.57. The summed E-state index contributed by atoms with van der Waals surface area (Å²) in [6, 6.07) is 5.52. The van der Waals surface area contributed by atoms with Crippen LogP contribution in [0.2, 0.25) is 0 Å². The van der Waals surface area contributed by atoms with Gasteiger partial charge in [0.05, 0.1) is 18.4 Å². The first kappa shape index (κ1) is 26.3. The number of aliphatic hydroxyl groups is 2. The summed E-state index contributed by atoms with van der Waals surface area (Å²) in [5.74, 6) is -1.04. The molecule has 2 aromatic rings. The predicted octanol–water partition coefficient (Wildman–Crippen LogP) is 4.35. The number of aliphatic hydroxyl groups excluding tert-OH is 2. The lowest BCUT2D eigenvalue weighted by molar-refractivity contribution is -0.147. The van der Waals surface area contributed by atoms with E-state index >= 15 is 0 Å². The molecule has 0 spiro atoms. The Hall–Kier alpha value is -2.36. The molecule has 1 aliphatic heterocycles. The number of carbonyl (C=O) groups excluding carboxylic acids is 2. The van der Waals surface area contributed by atoms with Gasteiger partial charge in [-0.1, -0.05) is 19.9 Å². The molecule has 5 rings (SSSR count). The summed E-state index contributed by atoms with van der Waals surface area (Å²) in [5, 5.41) is 24.6. The molecule has 7 nitrogen and oxygen atoms in total. The quantitative estimate of drug-likeness (QED) is 0.534. The maximum absolute atomic E-state index is 13.7. The van der Waals surface area contributed by atoms with E-state index in [4.69, 9.17) is 4.98 Å². The average Bonchev–Trinajstić information content (AvgIpc) is 3.30. The van der Waals surface area contributed by atoms with Crippen LogP contribution in [0.1, 0.15) is 79.2 Å². The summed E-state index contributed by atoms with van der Waals surface area (Å²) in [6.07, 6.45) is 4.77. The molecule has 5 atom stereocenters. The molecule has 37 heavy (non-hydrogen) atoms. The van der Waals surface area contributed by atoms with Crippen molar-refractivity contribution < 1.29 is 24.2 Å². The van der Waals surface area contributed by atoms with Gasteiger partial charge in [-0.25, -0.2) is 9.37 Å². The van der Waals surface area contributed by atoms with Gasteiger partial charge in [0, 0.05) is 41.3 Å². The predicted molar refractivity (Wildman–Crippen MR) is 140 cm³/mol. The molecule has 0 radical (unpaired) electrons. The number of hydrogen-bond donors (Lipinski definition) is 3. The van der Waals surface area contributed by atoms with Crippen molar-refractivity contribution in [3.8, 4) is 0 Å². The van der Waals surface area contributed by atoms with E-state index in [-0.39, 0.29) is 35.3 Å². The van der Waals surface area contributed by atoms with Gasteiger partial charge in [0.1, 0.15) is 5.82 Å². The largest absolute Gasteiger partial charge is 0.396 e. The number of nitrogens with zero attached hydrogens (tertiary/aromatic N) is 2. The molecule has 9 heteroatoms. The molecule has 0 unspecified atom stereocenters. The zero-order valence-electron chi connectivity index (χ0n) is 21.5. The van der Waals surface area contributed by atoms with Crippen LogP contribution < -0.4 is 5.32 Å². The molecule has 1 aromatic carbocycles. The first-order valence-electron chi connectivity index (χ1n) is 13.3. The standard InChI is InChI=1S/C28H36FN3O4S/c1-27-10-9-22(34)28(2,16-33)21(27)15-20-24(19(27)14-23(35)32-11-4-3-5-12-32)30-26(37-20)31-25(36)17-7-6-8-18(29)13-17/h6-8,13,19,21-22,33-34H,3-5,9-12,14-16H2,1-2H3,(H,30,31,36)/t19-,21+,22-,27+,28+/m1/s1. The number of benzene rings is 1. The molecule has 3 N–H and O–H groups in total. The molecule has 1 saturated heterocycles. The Morgan fingerprint density at radius 3 is 2.70 bits per heavy atom. The van der Waals surface area contributed by atoms with Gasteiger partial charge < -0.3 is 15.1 Å². The maximum Gasteiger partial charge on any atom is 0.257 e. The van der Waals surface area contributed by atoms with E-state index in [1.807, 2.05) is 11.8 Å². The number of piperidine rings is 1. The minimum Gasteiger partial charge on any atom is -0.396 e. The number of fused-ring (bicyclic) bond motifs is 2. The van der Waals surface area contributed by atoms with Crippen molar-refractivity contribution in [1.82, 2.24) is 9.88 Å². The number of nitrogens with one attached hydrogen (secondary N) is 1. The van der Waals surface area contributed by atoms with Gasteiger partial charge in [-0.15, -0.1) is 11.3 Å². The van der Waals surface area contributed by atoms with Gasteiger partial charge in [0.2, 0.25) is 5.91 Å². The fourth-order valence-electron chi connectivity index (χ4n) is 6.95. The lowest BCUT2D eigenvalue weighted by Gasteiger charge is -2.58. The van der Waals surface area contributed by atoms with Crippen LogP contribution in [0.25, 0.3) is 0 Å². The van der Waals surface area contributed by atoms with Gasteiger partial charge >= 0.3 is 0 Å². The second-order valence-electron chi connectivity index (χ2n) is 11.5. The van der Waals surface area contributed by atoms with Crippen molar-refractivity contribution in [3.63, 3.8) is 0 Å². The van der Waals surface area contributed by atoms with Crippen LogP contribution in [-0.2, 0) is 11.2 Å². The van der Waals surface area contributed by atoms with Gasteiger partial charge in [0.15, 0.2) is 5.13 Å². The van der Waals surface area contributed by atoms with Crippen molar-refractivity contribution in [1.29, 1.82) is 0 Å². The van der Waals surface area contributed by atoms with Gasteiger partial charge in [-0.3, -0.25) is 14.9 Å². The Labute approximate surface area is 221 Å². The zero-order chi connectivity index (χ0) is 26.4. The van der Waals surface area contributed by atoms with Crippen LogP contribution in [0.4, 0.5) is 9.52 Å². The molecule has 2 amide bonds. The zero-order valence-corrected chi connectivity index (χ0v) is 22.3. The van der Waals surface area contributed by atoms with E-state index in [0.29, 0.717) is 24.4 Å². The molecule has 2 fully saturated rings. The third-order valence-electron chi connectivity index (χ3n) is 9.29. The number of hydrogen-bond acceptors (Lipinski definition) is 6. The molecular weight excluding hydrogens is 493 g/mol. The summed E-state index contributed by atoms with van der Waals surface area (Å²) in [6.45, 7) is 5.54. The van der Waals surface area contributed by atoms with Gasteiger partial charge in [-0.05, 0) is 68.1 Å². The van der Waals surface area contributed by atoms with Crippen LogP contribution in [-0.4, -0.2) is 57.7 Å². The summed E-state index contributed by atoms with van der Waals surface area (Å²) in [7, 11) is 0. The summed E-state index contributed by atoms with van der Waals surface area (Å²) < 4.78 is 13.7. The Balaban J connectivity index is 1.50. The Bertz CT molecular complexity index is 1180. The van der Waals surface area contributed by atoms with Gasteiger partial charge in [0.25, 0.3) is 5.91 Å². The van der Waals surface area contributed by atoms with E-state index in [1.54, 1.807) is 6.07 Å². The molecule has 1 aromatic heterocycles. The summed E-state index contributed by atoms with van der Waals surface area (Å²) in [4.78, 5) is 34.1. The number of carbonyl (C=O) groups is 2. The van der Waals surface area contributed by atoms with Crippen molar-refractivity contribution in [2.45, 2.75) is 70.8 Å². The molecule has 200 valence electrons. The maximum atomic E-state index is 13.7. The highest BCUT2D eigenvalue weighted by Crippen LogP contribution is 2.63. The monoisotopic (exact) mass is 529 g/mol. The summed E-state index contributed by atoms with van der Waals surface area (Å²) in [5.41, 5.74) is 0.000948. The number of thiazole rings is 1. The molecule has 3 aliphatic rings. The molecule has 1 saturated carbocycles. The number of anilines is 1. The second kappa shape index (κ2) is 10.1. The minimum absolute atomic E-state index is 0.0485. The highest BCUT2D eigenvalue weighted by atomic mass is 32.1. The number of aromatic nitrogens is 1. The Morgan fingerprint density at radius 2 is 2.00 bits per heavy atom. The third kappa shape index (κ3) is 4.70. The highest BCUT2D eigenvalue weighted by Gasteiger charge is 2.59. The SMILES string of the molecule is C[C@]1(CO)[C@H]2Cc3sc(NC(=O)c4cccc(F)c4)nc3[C@@H](CC(=O)N3CCCCC3)[C@]2(C)CC[C@H]1O. The lowest BCUT2D eigenvalue weighted by atomic mass is 9.47. The summed E-state index contributed by atoms with van der Waals surface area (Å²) >= 11 is 1.37. The van der Waals surface area contributed by atoms with Crippen LogP contribution >= 0.6 is 11.3 Å². The fraction of sp³-hybridized carbons (Fsp3) is 0.607.